The molecular weight excluding hydrogens is 563 g/mol. The molecule has 0 spiro atoms. The van der Waals surface area contributed by atoms with Gasteiger partial charge in [-0.1, -0.05) is 18.2 Å². The third-order valence-corrected chi connectivity index (χ3v) is 7.10. The van der Waals surface area contributed by atoms with Gasteiger partial charge in [-0.25, -0.2) is 14.4 Å². The van der Waals surface area contributed by atoms with Gasteiger partial charge in [0.15, 0.2) is 0 Å². The molecule has 1 atom stereocenters. The van der Waals surface area contributed by atoms with Crippen LogP contribution < -0.4 is 25.6 Å². The first-order chi connectivity index (χ1) is 19.9. The van der Waals surface area contributed by atoms with Crippen molar-refractivity contribution in [3.05, 3.63) is 59.7 Å². The molecule has 0 bridgehead atoms. The fraction of sp³-hybridized carbons (Fsp3) is 0.379. The topological polar surface area (TPSA) is 128 Å². The number of nitrogens with one attached hydrogen (secondary N) is 3. The number of methoxy groups -OCH3 is 1. The van der Waals surface area contributed by atoms with Crippen LogP contribution in [0, 0.1) is 5.82 Å². The molecule has 2 heterocycles. The number of aliphatic hydroxyl groups is 1. The Morgan fingerprint density at radius 2 is 1.90 bits per heavy atom. The number of aromatic nitrogens is 3. The van der Waals surface area contributed by atoms with Crippen molar-refractivity contribution < 1.29 is 19.0 Å². The molecular formula is C29H36ClFN8O3. The van der Waals surface area contributed by atoms with E-state index in [-0.39, 0.29) is 34.6 Å². The Labute approximate surface area is 249 Å². The summed E-state index contributed by atoms with van der Waals surface area (Å²) in [4.78, 5) is 29.6. The predicted octanol–water partition coefficient (Wildman–Crippen LogP) is 5.04. The van der Waals surface area contributed by atoms with Crippen LogP contribution in [0.15, 0.2) is 43.2 Å². The van der Waals surface area contributed by atoms with Crippen LogP contribution in [0.5, 0.6) is 5.75 Å². The van der Waals surface area contributed by atoms with E-state index < -0.39 is 11.4 Å². The smallest absolute Gasteiger partial charge is 0.247 e. The van der Waals surface area contributed by atoms with Crippen molar-refractivity contribution in [3.8, 4) is 5.75 Å². The van der Waals surface area contributed by atoms with Crippen molar-refractivity contribution >= 4 is 52.2 Å². The second-order valence-electron chi connectivity index (χ2n) is 10.8. The molecule has 42 heavy (non-hydrogen) atoms. The summed E-state index contributed by atoms with van der Waals surface area (Å²) in [5.41, 5.74) is 1.19. The Morgan fingerprint density at radius 1 is 1.21 bits per heavy atom. The standard InChI is InChI=1S/C29H36ClFN8O3/c1-7-26(40)34-22-13-23(25(42-6)14-24(22)39-10-8-9-17(39)15-38(4)5)36-28-33-16-32-27(37-28)35-21-12-20(31)19(30)11-18(21)29(2,3)41/h7,11-14,16-17,41H,1,8-10,15H2,2-6H3,(H,34,40)(H2,32,33,35,36,37)/t17-/m1/s1. The maximum absolute atomic E-state index is 14.3. The van der Waals surface area contributed by atoms with Gasteiger partial charge in [0.05, 0.1) is 34.8 Å². The molecule has 1 saturated heterocycles. The third-order valence-electron chi connectivity index (χ3n) is 6.81. The molecule has 1 amide bonds. The van der Waals surface area contributed by atoms with Gasteiger partial charge in [-0.3, -0.25) is 4.79 Å². The zero-order chi connectivity index (χ0) is 30.6. The first-order valence-electron chi connectivity index (χ1n) is 13.4. The lowest BCUT2D eigenvalue weighted by atomic mass is 9.96. The van der Waals surface area contributed by atoms with E-state index in [1.54, 1.807) is 27.0 Å². The maximum atomic E-state index is 14.3. The molecule has 4 N–H and O–H groups in total. The lowest BCUT2D eigenvalue weighted by Gasteiger charge is -2.31. The quantitative estimate of drug-likeness (QED) is 0.223. The summed E-state index contributed by atoms with van der Waals surface area (Å²) in [6.45, 7) is 8.41. The van der Waals surface area contributed by atoms with E-state index in [0.29, 0.717) is 22.7 Å². The number of rotatable bonds is 11. The van der Waals surface area contributed by atoms with Crippen LogP contribution in [0.25, 0.3) is 0 Å². The van der Waals surface area contributed by atoms with Crippen molar-refractivity contribution in [1.29, 1.82) is 0 Å². The van der Waals surface area contributed by atoms with Crippen LogP contribution in [0.1, 0.15) is 32.3 Å². The predicted molar refractivity (Wildman–Crippen MR) is 164 cm³/mol. The van der Waals surface area contributed by atoms with Gasteiger partial charge >= 0.3 is 0 Å². The number of hydrogen-bond donors (Lipinski definition) is 4. The van der Waals surface area contributed by atoms with E-state index in [0.717, 1.165) is 31.6 Å². The molecule has 3 aromatic rings. The van der Waals surface area contributed by atoms with Crippen LogP contribution in [-0.2, 0) is 10.4 Å². The van der Waals surface area contributed by atoms with E-state index in [1.807, 2.05) is 20.2 Å². The van der Waals surface area contributed by atoms with Gasteiger partial charge in [0.1, 0.15) is 17.9 Å². The van der Waals surface area contributed by atoms with E-state index >= 15 is 0 Å². The summed E-state index contributed by atoms with van der Waals surface area (Å²) < 4.78 is 20.0. The Morgan fingerprint density at radius 3 is 2.52 bits per heavy atom. The SMILES string of the molecule is C=CC(=O)Nc1cc(Nc2ncnc(Nc3cc(F)c(Cl)cc3C(C)(C)O)n2)c(OC)cc1N1CCC[C@@H]1CN(C)C. The molecule has 1 fully saturated rings. The second kappa shape index (κ2) is 12.9. The van der Waals surface area contributed by atoms with Crippen molar-refractivity contribution in [3.63, 3.8) is 0 Å². The highest BCUT2D eigenvalue weighted by atomic mass is 35.5. The van der Waals surface area contributed by atoms with E-state index in [4.69, 9.17) is 16.3 Å². The highest BCUT2D eigenvalue weighted by molar-refractivity contribution is 6.30. The minimum atomic E-state index is -1.32. The fourth-order valence-electron chi connectivity index (χ4n) is 4.94. The molecule has 0 radical (unpaired) electrons. The Balaban J connectivity index is 1.68. The molecule has 224 valence electrons. The van der Waals surface area contributed by atoms with Gasteiger partial charge in [0.2, 0.25) is 17.8 Å². The number of ether oxygens (including phenoxy) is 1. The van der Waals surface area contributed by atoms with Crippen LogP contribution in [0.3, 0.4) is 0 Å². The van der Waals surface area contributed by atoms with Crippen molar-refractivity contribution in [1.82, 2.24) is 19.9 Å². The number of amides is 1. The number of carbonyl (C=O) groups excluding carboxylic acids is 1. The highest BCUT2D eigenvalue weighted by Gasteiger charge is 2.29. The van der Waals surface area contributed by atoms with Crippen LogP contribution >= 0.6 is 11.6 Å². The third kappa shape index (κ3) is 7.25. The van der Waals surface area contributed by atoms with Crippen LogP contribution in [-0.4, -0.2) is 71.2 Å². The second-order valence-corrected chi connectivity index (χ2v) is 11.2. The van der Waals surface area contributed by atoms with Crippen molar-refractivity contribution in [2.75, 3.05) is 55.1 Å². The van der Waals surface area contributed by atoms with Gasteiger partial charge in [-0.15, -0.1) is 0 Å². The number of anilines is 6. The lowest BCUT2D eigenvalue weighted by Crippen LogP contribution is -2.38. The summed E-state index contributed by atoms with van der Waals surface area (Å²) >= 11 is 5.96. The first-order valence-corrected chi connectivity index (χ1v) is 13.8. The monoisotopic (exact) mass is 598 g/mol. The zero-order valence-electron chi connectivity index (χ0n) is 24.3. The number of likely N-dealkylation sites (N-methyl/N-ethyl adjacent to an activating group) is 1. The van der Waals surface area contributed by atoms with Gasteiger partial charge in [-0.05, 0) is 65.1 Å². The minimum Gasteiger partial charge on any atom is -0.494 e. The molecule has 1 aliphatic rings. The molecule has 0 saturated carbocycles. The van der Waals surface area contributed by atoms with Crippen LogP contribution in [0.2, 0.25) is 5.02 Å². The van der Waals surface area contributed by atoms with Crippen LogP contribution in [0.4, 0.5) is 39.0 Å². The highest BCUT2D eigenvalue weighted by Crippen LogP contribution is 2.41. The van der Waals surface area contributed by atoms with E-state index in [9.17, 15) is 14.3 Å². The van der Waals surface area contributed by atoms with Crippen molar-refractivity contribution in [2.45, 2.75) is 38.3 Å². The fourth-order valence-corrected chi connectivity index (χ4v) is 5.10. The molecule has 1 aromatic heterocycles. The summed E-state index contributed by atoms with van der Waals surface area (Å²) in [6, 6.07) is 6.44. The number of nitrogens with zero attached hydrogens (tertiary/aromatic N) is 5. The maximum Gasteiger partial charge on any atom is 0.247 e. The molecule has 1 aliphatic heterocycles. The minimum absolute atomic E-state index is 0.0964. The number of halogens is 2. The van der Waals surface area contributed by atoms with E-state index in [2.05, 4.69) is 47.3 Å². The summed E-state index contributed by atoms with van der Waals surface area (Å²) in [7, 11) is 5.63. The number of hydrogen-bond acceptors (Lipinski definition) is 10. The zero-order valence-corrected chi connectivity index (χ0v) is 25.1. The lowest BCUT2D eigenvalue weighted by molar-refractivity contribution is -0.111. The molecule has 0 unspecified atom stereocenters. The summed E-state index contributed by atoms with van der Waals surface area (Å²) in [5.74, 6) is -0.245. The van der Waals surface area contributed by atoms with Crippen molar-refractivity contribution in [2.24, 2.45) is 0 Å². The molecule has 13 heteroatoms. The molecule has 0 aliphatic carbocycles. The summed E-state index contributed by atoms with van der Waals surface area (Å²) in [6.07, 6.45) is 4.56. The Kier molecular flexibility index (Phi) is 9.50. The molecule has 11 nitrogen and oxygen atoms in total. The average molecular weight is 599 g/mol. The van der Waals surface area contributed by atoms with Gasteiger partial charge < -0.3 is 35.6 Å². The molecule has 4 rings (SSSR count). The van der Waals surface area contributed by atoms with Gasteiger partial charge in [0, 0.05) is 36.4 Å². The Hall–Kier alpha value is -4.00. The molecule has 2 aromatic carbocycles. The first kappa shape index (κ1) is 30.9. The number of benzene rings is 2. The van der Waals surface area contributed by atoms with Gasteiger partial charge in [0.25, 0.3) is 0 Å². The average Bonchev–Trinajstić information content (AvgIpc) is 3.37. The summed E-state index contributed by atoms with van der Waals surface area (Å²) in [5, 5.41) is 19.5. The largest absolute Gasteiger partial charge is 0.494 e. The number of carbonyl (C=O) groups is 1. The van der Waals surface area contributed by atoms with Gasteiger partial charge in [-0.2, -0.15) is 4.98 Å². The normalized spacial score (nSPS) is 15.1. The van der Waals surface area contributed by atoms with E-state index in [1.165, 1.54) is 24.5 Å². The Bertz CT molecular complexity index is 1460.